The van der Waals surface area contributed by atoms with Crippen LogP contribution in [0.4, 0.5) is 19.0 Å². The smallest absolute Gasteiger partial charge is 0.358 e. The zero-order valence-corrected chi connectivity index (χ0v) is 7.31. The van der Waals surface area contributed by atoms with Crippen molar-refractivity contribution >= 4 is 5.82 Å². The number of nitrogens with zero attached hydrogens (tertiary/aromatic N) is 2. The van der Waals surface area contributed by atoms with Gasteiger partial charge in [-0.15, -0.1) is 0 Å². The van der Waals surface area contributed by atoms with Crippen LogP contribution in [0, 0.1) is 0 Å². The minimum atomic E-state index is -4.35. The number of anilines is 1. The Morgan fingerprint density at radius 1 is 1.54 bits per heavy atom. The van der Waals surface area contributed by atoms with Gasteiger partial charge in [-0.3, -0.25) is 5.10 Å². The Labute approximate surface area is 73.5 Å². The predicted octanol–water partition coefficient (Wildman–Crippen LogP) is 1.88. The fraction of sp³-hybridized carbons (Fsp3) is 0.571. The Bertz CT molecular complexity index is 279. The van der Waals surface area contributed by atoms with Crippen molar-refractivity contribution in [3.8, 4) is 0 Å². The zero-order chi connectivity index (χ0) is 10.1. The summed E-state index contributed by atoms with van der Waals surface area (Å²) in [7, 11) is 1.68. The Morgan fingerprint density at radius 2 is 2.15 bits per heavy atom. The van der Waals surface area contributed by atoms with Crippen molar-refractivity contribution in [3.05, 3.63) is 11.8 Å². The van der Waals surface area contributed by atoms with Crippen molar-refractivity contribution in [2.24, 2.45) is 0 Å². The molecule has 0 saturated heterocycles. The standard InChI is InChI=1S/C7H10F3N3/c1-3-13(2)6-4-5(11-12-6)7(8,9)10/h4H,3H2,1-2H3,(H,11,12). The largest absolute Gasteiger partial charge is 0.432 e. The van der Waals surface area contributed by atoms with E-state index in [4.69, 9.17) is 0 Å². The quantitative estimate of drug-likeness (QED) is 0.777. The molecule has 0 amide bonds. The molecule has 0 radical (unpaired) electrons. The number of halogens is 3. The fourth-order valence-electron chi connectivity index (χ4n) is 0.814. The molecule has 0 bridgehead atoms. The average molecular weight is 193 g/mol. The predicted molar refractivity (Wildman–Crippen MR) is 42.5 cm³/mol. The lowest BCUT2D eigenvalue weighted by Crippen LogP contribution is -2.15. The van der Waals surface area contributed by atoms with E-state index in [2.05, 4.69) is 5.10 Å². The molecule has 0 aliphatic heterocycles. The first-order valence-corrected chi connectivity index (χ1v) is 3.79. The topological polar surface area (TPSA) is 31.9 Å². The molecule has 6 heteroatoms. The molecule has 1 rings (SSSR count). The molecule has 1 aromatic heterocycles. The Balaban J connectivity index is 2.87. The van der Waals surface area contributed by atoms with E-state index in [1.54, 1.807) is 11.9 Å². The molecular formula is C7H10F3N3. The molecule has 1 aromatic rings. The van der Waals surface area contributed by atoms with E-state index in [1.165, 1.54) is 0 Å². The first kappa shape index (κ1) is 9.88. The van der Waals surface area contributed by atoms with Gasteiger partial charge >= 0.3 is 6.18 Å². The maximum Gasteiger partial charge on any atom is 0.432 e. The minimum Gasteiger partial charge on any atom is -0.358 e. The highest BCUT2D eigenvalue weighted by molar-refractivity contribution is 5.38. The van der Waals surface area contributed by atoms with E-state index in [-0.39, 0.29) is 0 Å². The lowest BCUT2D eigenvalue weighted by molar-refractivity contribution is -0.141. The van der Waals surface area contributed by atoms with Crippen LogP contribution in [0.5, 0.6) is 0 Å². The minimum absolute atomic E-state index is 0.301. The molecule has 0 unspecified atom stereocenters. The van der Waals surface area contributed by atoms with Gasteiger partial charge in [0.25, 0.3) is 0 Å². The van der Waals surface area contributed by atoms with Crippen LogP contribution in [0.3, 0.4) is 0 Å². The van der Waals surface area contributed by atoms with Crippen molar-refractivity contribution in [1.29, 1.82) is 0 Å². The zero-order valence-electron chi connectivity index (χ0n) is 7.31. The summed E-state index contributed by atoms with van der Waals surface area (Å²) in [5, 5.41) is 5.48. The number of H-pyrrole nitrogens is 1. The summed E-state index contributed by atoms with van der Waals surface area (Å²) in [4.78, 5) is 1.62. The molecule has 0 spiro atoms. The molecular weight excluding hydrogens is 183 g/mol. The van der Waals surface area contributed by atoms with Gasteiger partial charge in [0.15, 0.2) is 5.82 Å². The molecule has 0 aliphatic carbocycles. The number of aromatic nitrogens is 2. The van der Waals surface area contributed by atoms with Crippen LogP contribution in [-0.4, -0.2) is 23.8 Å². The highest BCUT2D eigenvalue weighted by Crippen LogP contribution is 2.29. The van der Waals surface area contributed by atoms with Crippen LogP contribution in [0.2, 0.25) is 0 Å². The van der Waals surface area contributed by atoms with Crippen LogP contribution in [0.25, 0.3) is 0 Å². The van der Waals surface area contributed by atoms with Crippen LogP contribution in [-0.2, 0) is 6.18 Å². The number of nitrogens with one attached hydrogen (secondary N) is 1. The summed E-state index contributed by atoms with van der Waals surface area (Å²) >= 11 is 0. The number of rotatable bonds is 2. The van der Waals surface area contributed by atoms with Gasteiger partial charge in [-0.1, -0.05) is 0 Å². The number of aromatic amines is 1. The lowest BCUT2D eigenvalue weighted by atomic mass is 10.4. The van der Waals surface area contributed by atoms with Gasteiger partial charge in [-0.2, -0.15) is 18.3 Å². The Morgan fingerprint density at radius 3 is 2.54 bits per heavy atom. The molecule has 74 valence electrons. The van der Waals surface area contributed by atoms with Crippen molar-refractivity contribution < 1.29 is 13.2 Å². The molecule has 0 atom stereocenters. The van der Waals surface area contributed by atoms with Gasteiger partial charge in [-0.25, -0.2) is 0 Å². The van der Waals surface area contributed by atoms with Crippen molar-refractivity contribution in [1.82, 2.24) is 10.2 Å². The van der Waals surface area contributed by atoms with Gasteiger partial charge in [0, 0.05) is 19.7 Å². The molecule has 0 aromatic carbocycles. The molecule has 1 N–H and O–H groups in total. The van der Waals surface area contributed by atoms with Crippen LogP contribution >= 0.6 is 0 Å². The van der Waals surface area contributed by atoms with Gasteiger partial charge in [0.05, 0.1) is 0 Å². The monoisotopic (exact) mass is 193 g/mol. The molecule has 13 heavy (non-hydrogen) atoms. The second kappa shape index (κ2) is 3.27. The Kier molecular flexibility index (Phi) is 2.49. The van der Waals surface area contributed by atoms with Gasteiger partial charge in [-0.05, 0) is 6.92 Å². The summed E-state index contributed by atoms with van der Waals surface area (Å²) in [6.07, 6.45) is -4.35. The second-order valence-electron chi connectivity index (χ2n) is 2.65. The first-order chi connectivity index (χ1) is 5.95. The highest BCUT2D eigenvalue weighted by Gasteiger charge is 2.33. The van der Waals surface area contributed by atoms with E-state index in [0.29, 0.717) is 12.4 Å². The molecule has 0 saturated carbocycles. The van der Waals surface area contributed by atoms with E-state index in [9.17, 15) is 13.2 Å². The third kappa shape index (κ3) is 2.13. The van der Waals surface area contributed by atoms with Crippen molar-refractivity contribution in [2.75, 3.05) is 18.5 Å². The molecule has 1 heterocycles. The van der Waals surface area contributed by atoms with Crippen molar-refractivity contribution in [2.45, 2.75) is 13.1 Å². The third-order valence-corrected chi connectivity index (χ3v) is 1.74. The van der Waals surface area contributed by atoms with Gasteiger partial charge in [0.2, 0.25) is 0 Å². The van der Waals surface area contributed by atoms with E-state index < -0.39 is 11.9 Å². The van der Waals surface area contributed by atoms with E-state index in [1.807, 2.05) is 12.0 Å². The third-order valence-electron chi connectivity index (χ3n) is 1.74. The average Bonchev–Trinajstić information content (AvgIpc) is 2.50. The molecule has 3 nitrogen and oxygen atoms in total. The number of hydrogen-bond acceptors (Lipinski definition) is 2. The number of alkyl halides is 3. The van der Waals surface area contributed by atoms with E-state index >= 15 is 0 Å². The SMILES string of the molecule is CCN(C)c1cc(C(F)(F)F)[nH]n1. The van der Waals surface area contributed by atoms with Crippen LogP contribution in [0.15, 0.2) is 6.07 Å². The van der Waals surface area contributed by atoms with Gasteiger partial charge in [0.1, 0.15) is 5.69 Å². The van der Waals surface area contributed by atoms with Gasteiger partial charge < -0.3 is 4.90 Å². The normalized spacial score (nSPS) is 11.8. The summed E-state index contributed by atoms with van der Waals surface area (Å²) in [6.45, 7) is 2.45. The Hall–Kier alpha value is -1.20. The molecule has 0 fully saturated rings. The summed E-state index contributed by atoms with van der Waals surface area (Å²) in [5.74, 6) is 0.301. The summed E-state index contributed by atoms with van der Waals surface area (Å²) in [6, 6.07) is 0.990. The number of hydrogen-bond donors (Lipinski definition) is 1. The van der Waals surface area contributed by atoms with Crippen LogP contribution in [0.1, 0.15) is 12.6 Å². The summed E-state index contributed by atoms with van der Waals surface area (Å²) < 4.78 is 36.2. The highest BCUT2D eigenvalue weighted by atomic mass is 19.4. The summed E-state index contributed by atoms with van der Waals surface area (Å²) in [5.41, 5.74) is -0.817. The van der Waals surface area contributed by atoms with E-state index in [0.717, 1.165) is 6.07 Å². The van der Waals surface area contributed by atoms with Crippen molar-refractivity contribution in [3.63, 3.8) is 0 Å². The maximum atomic E-state index is 12.1. The first-order valence-electron chi connectivity index (χ1n) is 3.79. The second-order valence-corrected chi connectivity index (χ2v) is 2.65. The lowest BCUT2D eigenvalue weighted by Gasteiger charge is -2.11. The maximum absolute atomic E-state index is 12.1. The fourth-order valence-corrected chi connectivity index (χ4v) is 0.814. The van der Waals surface area contributed by atoms with Crippen LogP contribution < -0.4 is 4.90 Å². The molecule has 0 aliphatic rings.